The summed E-state index contributed by atoms with van der Waals surface area (Å²) in [6.07, 6.45) is 2.33. The zero-order chi connectivity index (χ0) is 19.0. The zero-order valence-electron chi connectivity index (χ0n) is 15.3. The number of hydrogen-bond acceptors (Lipinski definition) is 0. The van der Waals surface area contributed by atoms with Gasteiger partial charge in [-0.1, -0.05) is 78.7 Å². The maximum atomic E-state index is 6.11. The summed E-state index contributed by atoms with van der Waals surface area (Å²) in [4.78, 5) is 0. The molecule has 0 fully saturated rings. The molecule has 1 aliphatic carbocycles. The van der Waals surface area contributed by atoms with E-state index >= 15 is 0 Å². The van der Waals surface area contributed by atoms with Crippen LogP contribution in [0.2, 0.25) is 10.0 Å². The van der Waals surface area contributed by atoms with Crippen LogP contribution in [-0.2, 0) is 0 Å². The van der Waals surface area contributed by atoms with E-state index < -0.39 is 0 Å². The molecule has 0 radical (unpaired) electrons. The van der Waals surface area contributed by atoms with E-state index in [2.05, 4.69) is 68.5 Å². The second-order valence-electron chi connectivity index (χ2n) is 6.96. The number of hydrogen-bond donors (Lipinski definition) is 0. The van der Waals surface area contributed by atoms with Crippen molar-refractivity contribution in [3.8, 4) is 0 Å². The van der Waals surface area contributed by atoms with Crippen molar-refractivity contribution in [1.82, 2.24) is 0 Å². The Morgan fingerprint density at radius 3 is 1.81 bits per heavy atom. The van der Waals surface area contributed by atoms with Gasteiger partial charge in [0.25, 0.3) is 0 Å². The molecule has 3 aromatic rings. The molecule has 0 bridgehead atoms. The minimum absolute atomic E-state index is 0.371. The number of benzene rings is 3. The van der Waals surface area contributed by atoms with Crippen molar-refractivity contribution >= 4 is 34.3 Å². The lowest BCUT2D eigenvalue weighted by molar-refractivity contribution is 0.947. The SMILES string of the molecule is CC1=C(C=C(c2ccc(Cl)cc2)c2ccc(Cl)cc2)C(C)c2ccccc21. The van der Waals surface area contributed by atoms with E-state index in [1.165, 1.54) is 27.8 Å². The summed E-state index contributed by atoms with van der Waals surface area (Å²) in [6.45, 7) is 4.50. The first-order chi connectivity index (χ1) is 13.0. The van der Waals surface area contributed by atoms with Crippen LogP contribution in [0.5, 0.6) is 0 Å². The summed E-state index contributed by atoms with van der Waals surface area (Å²) in [5, 5.41) is 1.48. The van der Waals surface area contributed by atoms with E-state index in [4.69, 9.17) is 23.2 Å². The predicted molar refractivity (Wildman–Crippen MR) is 117 cm³/mol. The van der Waals surface area contributed by atoms with Crippen LogP contribution in [-0.4, -0.2) is 0 Å². The van der Waals surface area contributed by atoms with Gasteiger partial charge in [-0.2, -0.15) is 0 Å². The molecule has 0 heterocycles. The molecule has 0 aliphatic heterocycles. The van der Waals surface area contributed by atoms with Crippen molar-refractivity contribution in [1.29, 1.82) is 0 Å². The van der Waals surface area contributed by atoms with Crippen LogP contribution in [0, 0.1) is 0 Å². The minimum atomic E-state index is 0.371. The Morgan fingerprint density at radius 1 is 0.778 bits per heavy atom. The lowest BCUT2D eigenvalue weighted by atomic mass is 9.91. The van der Waals surface area contributed by atoms with E-state index in [1.807, 2.05) is 24.3 Å². The molecule has 0 amide bonds. The fraction of sp³-hybridized carbons (Fsp3) is 0.120. The van der Waals surface area contributed by atoms with Gasteiger partial charge in [-0.15, -0.1) is 0 Å². The molecule has 0 aromatic heterocycles. The molecule has 4 rings (SSSR count). The Balaban J connectivity index is 1.88. The fourth-order valence-electron chi connectivity index (χ4n) is 3.84. The van der Waals surface area contributed by atoms with Gasteiger partial charge in [-0.25, -0.2) is 0 Å². The molecule has 0 N–H and O–H groups in total. The van der Waals surface area contributed by atoms with Gasteiger partial charge in [0, 0.05) is 16.0 Å². The first-order valence-corrected chi connectivity index (χ1v) is 9.84. The van der Waals surface area contributed by atoms with Gasteiger partial charge in [-0.05, 0) is 76.2 Å². The average molecular weight is 391 g/mol. The van der Waals surface area contributed by atoms with Crippen LogP contribution < -0.4 is 0 Å². The van der Waals surface area contributed by atoms with Gasteiger partial charge in [0.05, 0.1) is 0 Å². The molecule has 0 saturated heterocycles. The van der Waals surface area contributed by atoms with Crippen molar-refractivity contribution in [2.45, 2.75) is 19.8 Å². The third-order valence-electron chi connectivity index (χ3n) is 5.34. The van der Waals surface area contributed by atoms with Gasteiger partial charge in [-0.3, -0.25) is 0 Å². The third kappa shape index (κ3) is 3.48. The summed E-state index contributed by atoms with van der Waals surface area (Å²) in [5.74, 6) is 0.371. The maximum Gasteiger partial charge on any atom is 0.0406 e. The largest absolute Gasteiger partial charge is 0.0843 e. The third-order valence-corrected chi connectivity index (χ3v) is 5.85. The molecule has 1 atom stereocenters. The fourth-order valence-corrected chi connectivity index (χ4v) is 4.10. The molecule has 1 aliphatic rings. The Labute approximate surface area is 170 Å². The van der Waals surface area contributed by atoms with Crippen LogP contribution in [0.15, 0.2) is 84.4 Å². The zero-order valence-corrected chi connectivity index (χ0v) is 16.9. The highest BCUT2D eigenvalue weighted by atomic mass is 35.5. The quantitative estimate of drug-likeness (QED) is 0.424. The highest BCUT2D eigenvalue weighted by molar-refractivity contribution is 6.31. The summed E-state index contributed by atoms with van der Waals surface area (Å²) in [5.41, 5.74) is 8.91. The Kier molecular flexibility index (Phi) is 4.95. The molecular formula is C25H20Cl2. The standard InChI is InChI=1S/C25H20Cl2/c1-16-22-5-3-4-6-23(22)17(2)24(16)15-25(18-7-11-20(26)12-8-18)19-9-13-21(27)14-10-19/h3-16H,1-2H3. The van der Waals surface area contributed by atoms with E-state index in [0.29, 0.717) is 5.92 Å². The lowest BCUT2D eigenvalue weighted by Crippen LogP contribution is -1.94. The van der Waals surface area contributed by atoms with Gasteiger partial charge in [0.15, 0.2) is 0 Å². The van der Waals surface area contributed by atoms with Crippen LogP contribution in [0.1, 0.15) is 42.0 Å². The van der Waals surface area contributed by atoms with Gasteiger partial charge in [0.2, 0.25) is 0 Å². The van der Waals surface area contributed by atoms with Crippen LogP contribution in [0.4, 0.5) is 0 Å². The van der Waals surface area contributed by atoms with Crippen LogP contribution >= 0.6 is 23.2 Å². The first kappa shape index (κ1) is 18.1. The molecule has 27 heavy (non-hydrogen) atoms. The number of allylic oxidation sites excluding steroid dienone is 3. The molecule has 134 valence electrons. The van der Waals surface area contributed by atoms with Crippen molar-refractivity contribution < 1.29 is 0 Å². The van der Waals surface area contributed by atoms with Crippen molar-refractivity contribution in [3.05, 3.63) is 117 Å². The molecule has 3 aromatic carbocycles. The smallest absolute Gasteiger partial charge is 0.0406 e. The van der Waals surface area contributed by atoms with Crippen molar-refractivity contribution in [3.63, 3.8) is 0 Å². The van der Waals surface area contributed by atoms with Crippen molar-refractivity contribution in [2.24, 2.45) is 0 Å². The lowest BCUT2D eigenvalue weighted by Gasteiger charge is -2.13. The van der Waals surface area contributed by atoms with E-state index in [-0.39, 0.29) is 0 Å². The van der Waals surface area contributed by atoms with E-state index in [9.17, 15) is 0 Å². The van der Waals surface area contributed by atoms with E-state index in [0.717, 1.165) is 21.2 Å². The second kappa shape index (κ2) is 7.38. The number of fused-ring (bicyclic) bond motifs is 1. The summed E-state index contributed by atoms with van der Waals surface area (Å²) in [7, 11) is 0. The molecule has 0 saturated carbocycles. The van der Waals surface area contributed by atoms with Gasteiger partial charge < -0.3 is 0 Å². The van der Waals surface area contributed by atoms with Crippen LogP contribution in [0.25, 0.3) is 11.1 Å². The highest BCUT2D eigenvalue weighted by Gasteiger charge is 2.24. The van der Waals surface area contributed by atoms with Gasteiger partial charge >= 0.3 is 0 Å². The predicted octanol–water partition coefficient (Wildman–Crippen LogP) is 8.02. The maximum absolute atomic E-state index is 6.11. The number of rotatable bonds is 3. The monoisotopic (exact) mass is 390 g/mol. The Hall–Kier alpha value is -2.28. The molecule has 0 nitrogen and oxygen atoms in total. The first-order valence-electron chi connectivity index (χ1n) is 9.08. The average Bonchev–Trinajstić information content (AvgIpc) is 2.93. The second-order valence-corrected chi connectivity index (χ2v) is 7.83. The normalized spacial score (nSPS) is 15.6. The molecule has 0 spiro atoms. The molecule has 2 heteroatoms. The summed E-state index contributed by atoms with van der Waals surface area (Å²) >= 11 is 12.2. The number of halogens is 2. The van der Waals surface area contributed by atoms with Crippen molar-refractivity contribution in [2.75, 3.05) is 0 Å². The van der Waals surface area contributed by atoms with Crippen LogP contribution in [0.3, 0.4) is 0 Å². The summed E-state index contributed by atoms with van der Waals surface area (Å²) < 4.78 is 0. The molecular weight excluding hydrogens is 371 g/mol. The van der Waals surface area contributed by atoms with E-state index in [1.54, 1.807) is 0 Å². The summed E-state index contributed by atoms with van der Waals surface area (Å²) in [6, 6.07) is 24.7. The Morgan fingerprint density at radius 2 is 1.30 bits per heavy atom. The highest BCUT2D eigenvalue weighted by Crippen LogP contribution is 2.43. The topological polar surface area (TPSA) is 0 Å². The molecule has 1 unspecified atom stereocenters. The minimum Gasteiger partial charge on any atom is -0.0843 e. The van der Waals surface area contributed by atoms with Gasteiger partial charge in [0.1, 0.15) is 0 Å². The Bertz CT molecular complexity index is 991.